The fourth-order valence-corrected chi connectivity index (χ4v) is 1.96. The van der Waals surface area contributed by atoms with E-state index in [9.17, 15) is 10.2 Å². The van der Waals surface area contributed by atoms with Gasteiger partial charge in [0.25, 0.3) is 0 Å². The molecule has 1 atom stereocenters. The highest BCUT2D eigenvalue weighted by molar-refractivity contribution is 5.50. The van der Waals surface area contributed by atoms with Gasteiger partial charge in [-0.2, -0.15) is 0 Å². The molecule has 70 valence electrons. The zero-order chi connectivity index (χ0) is 9.42. The Balaban J connectivity index is 2.60. The zero-order valence-corrected chi connectivity index (χ0v) is 7.33. The smallest absolute Gasteiger partial charge is 0.120 e. The van der Waals surface area contributed by atoms with Crippen molar-refractivity contribution in [2.75, 3.05) is 0 Å². The van der Waals surface area contributed by atoms with Crippen molar-refractivity contribution in [2.24, 2.45) is 5.73 Å². The predicted octanol–water partition coefficient (Wildman–Crippen LogP) is 1.43. The lowest BCUT2D eigenvalue weighted by Crippen LogP contribution is -2.17. The highest BCUT2D eigenvalue weighted by Crippen LogP contribution is 2.38. The van der Waals surface area contributed by atoms with Crippen molar-refractivity contribution in [1.29, 1.82) is 0 Å². The van der Waals surface area contributed by atoms with Crippen LogP contribution in [0.4, 0.5) is 0 Å². The third kappa shape index (κ3) is 1.25. The summed E-state index contributed by atoms with van der Waals surface area (Å²) < 4.78 is 0. The van der Waals surface area contributed by atoms with E-state index < -0.39 is 0 Å². The van der Waals surface area contributed by atoms with Gasteiger partial charge in [0.15, 0.2) is 0 Å². The summed E-state index contributed by atoms with van der Waals surface area (Å²) in [4.78, 5) is 0. The summed E-state index contributed by atoms with van der Waals surface area (Å²) in [6.07, 6.45) is 2.67. The normalized spacial score (nSPS) is 21.2. The minimum Gasteiger partial charge on any atom is -0.508 e. The molecule has 0 saturated heterocycles. The third-order valence-electron chi connectivity index (χ3n) is 2.62. The minimum absolute atomic E-state index is 0.129. The van der Waals surface area contributed by atoms with Crippen LogP contribution in [0.5, 0.6) is 11.5 Å². The van der Waals surface area contributed by atoms with E-state index in [1.807, 2.05) is 0 Å². The molecule has 1 aromatic carbocycles. The molecule has 1 aliphatic carbocycles. The lowest BCUT2D eigenvalue weighted by Gasteiger charge is -2.23. The Morgan fingerprint density at radius 1 is 1.23 bits per heavy atom. The molecular formula is C10H13NO2. The number of aromatic hydroxyl groups is 2. The summed E-state index contributed by atoms with van der Waals surface area (Å²) >= 11 is 0. The van der Waals surface area contributed by atoms with E-state index in [0.29, 0.717) is 0 Å². The van der Waals surface area contributed by atoms with Crippen LogP contribution in [0.3, 0.4) is 0 Å². The van der Waals surface area contributed by atoms with Gasteiger partial charge in [0, 0.05) is 17.2 Å². The van der Waals surface area contributed by atoms with Crippen LogP contribution in [-0.4, -0.2) is 10.2 Å². The second-order valence-electron chi connectivity index (χ2n) is 3.49. The van der Waals surface area contributed by atoms with Crippen LogP contribution in [0.2, 0.25) is 0 Å². The molecular weight excluding hydrogens is 166 g/mol. The van der Waals surface area contributed by atoms with E-state index in [-0.39, 0.29) is 17.5 Å². The molecule has 0 amide bonds. The van der Waals surface area contributed by atoms with E-state index in [4.69, 9.17) is 5.73 Å². The van der Waals surface area contributed by atoms with Crippen LogP contribution in [0.25, 0.3) is 0 Å². The maximum atomic E-state index is 9.56. The SMILES string of the molecule is N[C@H]1CCCc2c(O)ccc(O)c21. The van der Waals surface area contributed by atoms with Crippen LogP contribution >= 0.6 is 0 Å². The third-order valence-corrected chi connectivity index (χ3v) is 2.62. The van der Waals surface area contributed by atoms with Gasteiger partial charge in [-0.05, 0) is 31.4 Å². The van der Waals surface area contributed by atoms with Gasteiger partial charge in [-0.25, -0.2) is 0 Å². The van der Waals surface area contributed by atoms with Gasteiger partial charge in [-0.1, -0.05) is 0 Å². The first kappa shape index (κ1) is 8.38. The summed E-state index contributed by atoms with van der Waals surface area (Å²) in [5.41, 5.74) is 7.39. The van der Waals surface area contributed by atoms with E-state index in [1.165, 1.54) is 12.1 Å². The summed E-state index contributed by atoms with van der Waals surface area (Å²) in [5.74, 6) is 0.461. The Bertz CT molecular complexity index is 336. The fraction of sp³-hybridized carbons (Fsp3) is 0.400. The largest absolute Gasteiger partial charge is 0.508 e. The molecule has 3 heteroatoms. The van der Waals surface area contributed by atoms with E-state index in [2.05, 4.69) is 0 Å². The van der Waals surface area contributed by atoms with E-state index in [1.54, 1.807) is 0 Å². The first-order valence-electron chi connectivity index (χ1n) is 4.49. The molecule has 0 radical (unpaired) electrons. The van der Waals surface area contributed by atoms with Gasteiger partial charge in [0.2, 0.25) is 0 Å². The molecule has 0 heterocycles. The second-order valence-corrected chi connectivity index (χ2v) is 3.49. The Kier molecular flexibility index (Phi) is 1.88. The number of hydrogen-bond acceptors (Lipinski definition) is 3. The van der Waals surface area contributed by atoms with Crippen molar-refractivity contribution >= 4 is 0 Å². The van der Waals surface area contributed by atoms with Crippen LogP contribution in [0.1, 0.15) is 30.0 Å². The lowest BCUT2D eigenvalue weighted by molar-refractivity contribution is 0.426. The molecule has 3 nitrogen and oxygen atoms in total. The van der Waals surface area contributed by atoms with E-state index in [0.717, 1.165) is 30.4 Å². The molecule has 13 heavy (non-hydrogen) atoms. The number of rotatable bonds is 0. The first-order valence-corrected chi connectivity index (χ1v) is 4.49. The topological polar surface area (TPSA) is 66.5 Å². The van der Waals surface area contributed by atoms with Crippen molar-refractivity contribution in [3.8, 4) is 11.5 Å². The molecule has 2 rings (SSSR count). The quantitative estimate of drug-likeness (QED) is 0.528. The number of phenols is 2. The highest BCUT2D eigenvalue weighted by Gasteiger charge is 2.22. The van der Waals surface area contributed by atoms with Crippen molar-refractivity contribution in [1.82, 2.24) is 0 Å². The maximum Gasteiger partial charge on any atom is 0.120 e. The molecule has 0 aliphatic heterocycles. The molecule has 0 aromatic heterocycles. The average molecular weight is 179 g/mol. The van der Waals surface area contributed by atoms with E-state index >= 15 is 0 Å². The fourth-order valence-electron chi connectivity index (χ4n) is 1.96. The van der Waals surface area contributed by atoms with Gasteiger partial charge < -0.3 is 15.9 Å². The maximum absolute atomic E-state index is 9.56. The van der Waals surface area contributed by atoms with Gasteiger partial charge >= 0.3 is 0 Å². The number of nitrogens with two attached hydrogens (primary N) is 1. The van der Waals surface area contributed by atoms with Crippen LogP contribution in [0.15, 0.2) is 12.1 Å². The van der Waals surface area contributed by atoms with Crippen LogP contribution in [-0.2, 0) is 6.42 Å². The van der Waals surface area contributed by atoms with Crippen LogP contribution in [0, 0.1) is 0 Å². The van der Waals surface area contributed by atoms with Gasteiger partial charge in [0.05, 0.1) is 0 Å². The number of fused-ring (bicyclic) bond motifs is 1. The lowest BCUT2D eigenvalue weighted by atomic mass is 9.87. The molecule has 1 aromatic rings. The van der Waals surface area contributed by atoms with Gasteiger partial charge in [0.1, 0.15) is 11.5 Å². The Labute approximate surface area is 76.8 Å². The molecule has 0 spiro atoms. The molecule has 0 unspecified atom stereocenters. The van der Waals surface area contributed by atoms with Crippen molar-refractivity contribution in [3.63, 3.8) is 0 Å². The zero-order valence-electron chi connectivity index (χ0n) is 7.33. The Morgan fingerprint density at radius 3 is 2.62 bits per heavy atom. The number of hydrogen-bond donors (Lipinski definition) is 3. The highest BCUT2D eigenvalue weighted by atomic mass is 16.3. The summed E-state index contributed by atoms with van der Waals surface area (Å²) in [7, 11) is 0. The summed E-state index contributed by atoms with van der Waals surface area (Å²) in [5, 5.41) is 19.1. The molecule has 1 aliphatic rings. The summed E-state index contributed by atoms with van der Waals surface area (Å²) in [6.45, 7) is 0. The second kappa shape index (κ2) is 2.92. The molecule has 4 N–H and O–H groups in total. The molecule has 0 bridgehead atoms. The summed E-state index contributed by atoms with van der Waals surface area (Å²) in [6, 6.07) is 2.89. The van der Waals surface area contributed by atoms with Crippen molar-refractivity contribution in [2.45, 2.75) is 25.3 Å². The number of phenolic OH excluding ortho intramolecular Hbond substituents is 2. The van der Waals surface area contributed by atoms with Crippen LogP contribution < -0.4 is 5.73 Å². The Hall–Kier alpha value is -1.22. The number of benzene rings is 1. The molecule has 0 saturated carbocycles. The molecule has 0 fully saturated rings. The standard InChI is InChI=1S/C10H13NO2/c11-7-3-1-2-6-8(12)4-5-9(13)10(6)7/h4-5,7,12-13H,1-3,11H2/t7-/m0/s1. The Morgan fingerprint density at radius 2 is 1.92 bits per heavy atom. The first-order chi connectivity index (χ1) is 6.20. The van der Waals surface area contributed by atoms with Gasteiger partial charge in [-0.15, -0.1) is 0 Å². The monoisotopic (exact) mass is 179 g/mol. The predicted molar refractivity (Wildman–Crippen MR) is 49.6 cm³/mol. The van der Waals surface area contributed by atoms with Crippen molar-refractivity contribution in [3.05, 3.63) is 23.3 Å². The van der Waals surface area contributed by atoms with Gasteiger partial charge in [-0.3, -0.25) is 0 Å². The minimum atomic E-state index is -0.129. The average Bonchev–Trinajstić information content (AvgIpc) is 2.12. The van der Waals surface area contributed by atoms with Crippen molar-refractivity contribution < 1.29 is 10.2 Å².